The standard InChI is InChI=1S/C15H12FN3/c16-12-5-1-11(2-6-12)15-14(9-18-19-15)10-3-7-13(17)8-4-10/h1-9H,17H2,(H,18,19). The van der Waals surface area contributed by atoms with E-state index in [0.29, 0.717) is 0 Å². The highest BCUT2D eigenvalue weighted by Crippen LogP contribution is 2.30. The van der Waals surface area contributed by atoms with E-state index in [2.05, 4.69) is 10.2 Å². The molecule has 3 aromatic rings. The zero-order chi connectivity index (χ0) is 13.2. The number of halogens is 1. The van der Waals surface area contributed by atoms with Crippen LogP contribution in [0.25, 0.3) is 22.4 Å². The summed E-state index contributed by atoms with van der Waals surface area (Å²) < 4.78 is 13.0. The number of nitrogens with zero attached hydrogens (tertiary/aromatic N) is 1. The molecule has 94 valence electrons. The summed E-state index contributed by atoms with van der Waals surface area (Å²) in [5, 5.41) is 7.02. The summed E-state index contributed by atoms with van der Waals surface area (Å²) in [6.07, 6.45) is 1.75. The van der Waals surface area contributed by atoms with E-state index in [4.69, 9.17) is 5.73 Å². The summed E-state index contributed by atoms with van der Waals surface area (Å²) in [5.41, 5.74) is 10.1. The van der Waals surface area contributed by atoms with E-state index >= 15 is 0 Å². The molecule has 0 amide bonds. The van der Waals surface area contributed by atoms with E-state index in [1.54, 1.807) is 18.3 Å². The summed E-state index contributed by atoms with van der Waals surface area (Å²) in [4.78, 5) is 0. The van der Waals surface area contributed by atoms with E-state index in [1.807, 2.05) is 24.3 Å². The van der Waals surface area contributed by atoms with Crippen molar-refractivity contribution >= 4 is 5.69 Å². The Hall–Kier alpha value is -2.62. The van der Waals surface area contributed by atoms with Crippen molar-refractivity contribution in [3.63, 3.8) is 0 Å². The quantitative estimate of drug-likeness (QED) is 0.687. The lowest BCUT2D eigenvalue weighted by Crippen LogP contribution is -1.86. The predicted octanol–water partition coefficient (Wildman–Crippen LogP) is 3.47. The largest absolute Gasteiger partial charge is 0.399 e. The van der Waals surface area contributed by atoms with Gasteiger partial charge in [-0.3, -0.25) is 5.10 Å². The maximum absolute atomic E-state index is 13.0. The van der Waals surface area contributed by atoms with Gasteiger partial charge in [0.05, 0.1) is 11.9 Å². The number of aromatic nitrogens is 2. The summed E-state index contributed by atoms with van der Waals surface area (Å²) >= 11 is 0. The van der Waals surface area contributed by atoms with E-state index in [9.17, 15) is 4.39 Å². The van der Waals surface area contributed by atoms with Crippen molar-refractivity contribution in [2.75, 3.05) is 5.73 Å². The Labute approximate surface area is 109 Å². The molecule has 3 rings (SSSR count). The third-order valence-electron chi connectivity index (χ3n) is 2.99. The highest BCUT2D eigenvalue weighted by Gasteiger charge is 2.09. The molecule has 3 nitrogen and oxygen atoms in total. The molecule has 19 heavy (non-hydrogen) atoms. The highest BCUT2D eigenvalue weighted by atomic mass is 19.1. The van der Waals surface area contributed by atoms with Crippen molar-refractivity contribution in [2.45, 2.75) is 0 Å². The van der Waals surface area contributed by atoms with Crippen LogP contribution in [0.2, 0.25) is 0 Å². The molecule has 1 heterocycles. The van der Waals surface area contributed by atoms with E-state index in [-0.39, 0.29) is 5.82 Å². The van der Waals surface area contributed by atoms with Crippen LogP contribution in [0.3, 0.4) is 0 Å². The molecular weight excluding hydrogens is 241 g/mol. The molecule has 0 atom stereocenters. The van der Waals surface area contributed by atoms with Crippen LogP contribution in [0.4, 0.5) is 10.1 Å². The van der Waals surface area contributed by atoms with Crippen molar-refractivity contribution in [1.29, 1.82) is 0 Å². The minimum Gasteiger partial charge on any atom is -0.399 e. The van der Waals surface area contributed by atoms with Gasteiger partial charge in [0.15, 0.2) is 0 Å². The molecule has 4 heteroatoms. The average molecular weight is 253 g/mol. The molecule has 0 aliphatic heterocycles. The minimum absolute atomic E-state index is 0.253. The molecule has 0 saturated heterocycles. The second kappa shape index (κ2) is 4.57. The molecule has 0 aliphatic rings. The second-order valence-corrected chi connectivity index (χ2v) is 4.29. The number of H-pyrrole nitrogens is 1. The van der Waals surface area contributed by atoms with Crippen LogP contribution in [0.1, 0.15) is 0 Å². The number of hydrogen-bond acceptors (Lipinski definition) is 2. The van der Waals surface area contributed by atoms with Gasteiger partial charge >= 0.3 is 0 Å². The average Bonchev–Trinajstić information content (AvgIpc) is 2.90. The molecule has 0 unspecified atom stereocenters. The summed E-state index contributed by atoms with van der Waals surface area (Å²) in [6, 6.07) is 13.9. The van der Waals surface area contributed by atoms with Crippen LogP contribution in [-0.4, -0.2) is 10.2 Å². The Kier molecular flexibility index (Phi) is 2.76. The van der Waals surface area contributed by atoms with Crippen LogP contribution in [0, 0.1) is 5.82 Å². The highest BCUT2D eigenvalue weighted by molar-refractivity contribution is 5.80. The van der Waals surface area contributed by atoms with Crippen LogP contribution >= 0.6 is 0 Å². The molecule has 0 saturated carbocycles. The van der Waals surface area contributed by atoms with Crippen LogP contribution < -0.4 is 5.73 Å². The number of anilines is 1. The Morgan fingerprint density at radius 1 is 0.895 bits per heavy atom. The van der Waals surface area contributed by atoms with Gasteiger partial charge in [0, 0.05) is 16.8 Å². The first-order chi connectivity index (χ1) is 9.24. The molecule has 2 aromatic carbocycles. The summed E-state index contributed by atoms with van der Waals surface area (Å²) in [6.45, 7) is 0. The van der Waals surface area contributed by atoms with Gasteiger partial charge in [0.2, 0.25) is 0 Å². The lowest BCUT2D eigenvalue weighted by molar-refractivity contribution is 0.628. The van der Waals surface area contributed by atoms with Crippen LogP contribution in [0.5, 0.6) is 0 Å². The van der Waals surface area contributed by atoms with Gasteiger partial charge in [0.25, 0.3) is 0 Å². The second-order valence-electron chi connectivity index (χ2n) is 4.29. The van der Waals surface area contributed by atoms with Gasteiger partial charge in [-0.1, -0.05) is 12.1 Å². The van der Waals surface area contributed by atoms with Gasteiger partial charge in [-0.05, 0) is 42.0 Å². The zero-order valence-corrected chi connectivity index (χ0v) is 10.1. The Balaban J connectivity index is 2.07. The molecule has 0 aliphatic carbocycles. The third-order valence-corrected chi connectivity index (χ3v) is 2.99. The SMILES string of the molecule is Nc1ccc(-c2cn[nH]c2-c2ccc(F)cc2)cc1. The number of nitrogens with two attached hydrogens (primary N) is 1. The Morgan fingerprint density at radius 2 is 1.53 bits per heavy atom. The number of aromatic amines is 1. The van der Waals surface area contributed by atoms with Crippen molar-refractivity contribution in [3.05, 3.63) is 60.5 Å². The first-order valence-corrected chi connectivity index (χ1v) is 5.89. The number of nitrogens with one attached hydrogen (secondary N) is 1. The van der Waals surface area contributed by atoms with Gasteiger partial charge in [-0.25, -0.2) is 4.39 Å². The maximum Gasteiger partial charge on any atom is 0.123 e. The smallest absolute Gasteiger partial charge is 0.123 e. The third kappa shape index (κ3) is 2.20. The van der Waals surface area contributed by atoms with Crippen molar-refractivity contribution in [1.82, 2.24) is 10.2 Å². The van der Waals surface area contributed by atoms with Crippen LogP contribution in [0.15, 0.2) is 54.7 Å². The molecule has 0 bridgehead atoms. The lowest BCUT2D eigenvalue weighted by atomic mass is 10.0. The lowest BCUT2D eigenvalue weighted by Gasteiger charge is -2.04. The fraction of sp³-hybridized carbons (Fsp3) is 0. The molecule has 1 aromatic heterocycles. The van der Waals surface area contributed by atoms with Crippen LogP contribution in [-0.2, 0) is 0 Å². The zero-order valence-electron chi connectivity index (χ0n) is 10.1. The van der Waals surface area contributed by atoms with Crippen molar-refractivity contribution in [3.8, 4) is 22.4 Å². The first kappa shape index (κ1) is 11.5. The molecular formula is C15H12FN3. The Bertz CT molecular complexity index is 624. The normalized spacial score (nSPS) is 10.6. The minimum atomic E-state index is -0.253. The van der Waals surface area contributed by atoms with E-state index in [0.717, 1.165) is 28.1 Å². The fourth-order valence-corrected chi connectivity index (χ4v) is 2.00. The fourth-order valence-electron chi connectivity index (χ4n) is 2.00. The molecule has 0 fully saturated rings. The maximum atomic E-state index is 13.0. The molecule has 3 N–H and O–H groups in total. The molecule has 0 spiro atoms. The van der Waals surface area contributed by atoms with E-state index < -0.39 is 0 Å². The summed E-state index contributed by atoms with van der Waals surface area (Å²) in [7, 11) is 0. The summed E-state index contributed by atoms with van der Waals surface area (Å²) in [5.74, 6) is -0.253. The monoisotopic (exact) mass is 253 g/mol. The first-order valence-electron chi connectivity index (χ1n) is 5.89. The van der Waals surface area contributed by atoms with Gasteiger partial charge < -0.3 is 5.73 Å². The number of nitrogen functional groups attached to an aromatic ring is 1. The van der Waals surface area contributed by atoms with Crippen molar-refractivity contribution in [2.24, 2.45) is 0 Å². The van der Waals surface area contributed by atoms with Crippen molar-refractivity contribution < 1.29 is 4.39 Å². The van der Waals surface area contributed by atoms with Gasteiger partial charge in [0.1, 0.15) is 5.82 Å². The predicted molar refractivity (Wildman–Crippen MR) is 73.8 cm³/mol. The van der Waals surface area contributed by atoms with E-state index in [1.165, 1.54) is 12.1 Å². The Morgan fingerprint density at radius 3 is 2.21 bits per heavy atom. The number of rotatable bonds is 2. The topological polar surface area (TPSA) is 54.7 Å². The molecule has 0 radical (unpaired) electrons. The number of benzene rings is 2. The number of hydrogen-bond donors (Lipinski definition) is 2. The van der Waals surface area contributed by atoms with Gasteiger partial charge in [-0.15, -0.1) is 0 Å². The van der Waals surface area contributed by atoms with Gasteiger partial charge in [-0.2, -0.15) is 5.10 Å².